The number of aliphatic imine (C=N–C) groups is 1. The molecule has 4 rings (SSSR count). The lowest BCUT2D eigenvalue weighted by Crippen LogP contribution is -2.52. The van der Waals surface area contributed by atoms with Gasteiger partial charge in [-0.1, -0.05) is 12.1 Å². The number of nitrogens with one attached hydrogen (secondary N) is 2. The van der Waals surface area contributed by atoms with Gasteiger partial charge in [0.2, 0.25) is 0 Å². The van der Waals surface area contributed by atoms with Crippen molar-refractivity contribution in [1.29, 1.82) is 0 Å². The van der Waals surface area contributed by atoms with E-state index in [1.807, 2.05) is 24.0 Å². The molecule has 1 aliphatic heterocycles. The highest BCUT2D eigenvalue weighted by molar-refractivity contribution is 5.80. The van der Waals surface area contributed by atoms with Gasteiger partial charge in [0, 0.05) is 51.4 Å². The number of anilines is 1. The Morgan fingerprint density at radius 1 is 1.39 bits per heavy atom. The molecule has 1 unspecified atom stereocenters. The number of nitrogens with zero attached hydrogens (tertiary/aromatic N) is 4. The van der Waals surface area contributed by atoms with E-state index >= 15 is 0 Å². The Morgan fingerprint density at radius 2 is 2.25 bits per heavy atom. The van der Waals surface area contributed by atoms with Crippen LogP contribution in [0.1, 0.15) is 31.2 Å². The molecule has 1 aromatic carbocycles. The van der Waals surface area contributed by atoms with E-state index in [1.165, 1.54) is 11.8 Å². The van der Waals surface area contributed by atoms with E-state index in [0.717, 1.165) is 56.8 Å². The lowest BCUT2D eigenvalue weighted by Gasteiger charge is -2.34. The van der Waals surface area contributed by atoms with Gasteiger partial charge < -0.3 is 15.5 Å². The van der Waals surface area contributed by atoms with Gasteiger partial charge in [0.15, 0.2) is 5.96 Å². The number of piperidine rings is 1. The van der Waals surface area contributed by atoms with Gasteiger partial charge in [0.05, 0.1) is 11.9 Å². The summed E-state index contributed by atoms with van der Waals surface area (Å²) in [5.74, 6) is 0.657. The molecule has 1 aliphatic carbocycles. The van der Waals surface area contributed by atoms with Crippen molar-refractivity contribution in [3.05, 3.63) is 48.0 Å². The van der Waals surface area contributed by atoms with E-state index in [4.69, 9.17) is 0 Å². The van der Waals surface area contributed by atoms with Crippen LogP contribution in [0, 0.1) is 5.82 Å². The van der Waals surface area contributed by atoms with Crippen LogP contribution in [-0.4, -0.2) is 48.5 Å². The first-order valence-corrected chi connectivity index (χ1v) is 10.0. The number of hydrogen-bond donors (Lipinski definition) is 2. The minimum absolute atomic E-state index is 0.0357. The molecular formula is C21H29FN6. The Bertz CT molecular complexity index is 841. The van der Waals surface area contributed by atoms with Gasteiger partial charge >= 0.3 is 0 Å². The summed E-state index contributed by atoms with van der Waals surface area (Å²) in [6.45, 7) is 2.76. The molecule has 0 amide bonds. The molecule has 1 aromatic heterocycles. The maximum absolute atomic E-state index is 13.6. The van der Waals surface area contributed by atoms with Crippen LogP contribution in [0.2, 0.25) is 0 Å². The van der Waals surface area contributed by atoms with Crippen molar-refractivity contribution in [2.45, 2.75) is 37.1 Å². The smallest absolute Gasteiger partial charge is 0.191 e. The largest absolute Gasteiger partial charge is 0.367 e. The molecule has 150 valence electrons. The second-order valence-electron chi connectivity index (χ2n) is 8.02. The fourth-order valence-corrected chi connectivity index (χ4v) is 4.08. The maximum Gasteiger partial charge on any atom is 0.191 e. The Labute approximate surface area is 165 Å². The van der Waals surface area contributed by atoms with Crippen LogP contribution in [0.3, 0.4) is 0 Å². The highest BCUT2D eigenvalue weighted by Crippen LogP contribution is 2.47. The van der Waals surface area contributed by atoms with Crippen molar-refractivity contribution in [2.75, 3.05) is 31.6 Å². The molecule has 2 N–H and O–H groups in total. The number of rotatable bonds is 5. The monoisotopic (exact) mass is 384 g/mol. The molecule has 1 atom stereocenters. The van der Waals surface area contributed by atoms with Crippen molar-refractivity contribution in [3.63, 3.8) is 0 Å². The highest BCUT2D eigenvalue weighted by Gasteiger charge is 2.44. The van der Waals surface area contributed by atoms with E-state index in [-0.39, 0.29) is 11.2 Å². The van der Waals surface area contributed by atoms with Crippen LogP contribution >= 0.6 is 0 Å². The molecule has 28 heavy (non-hydrogen) atoms. The van der Waals surface area contributed by atoms with Gasteiger partial charge in [-0.05, 0) is 43.4 Å². The van der Waals surface area contributed by atoms with Crippen molar-refractivity contribution in [2.24, 2.45) is 12.0 Å². The molecule has 0 radical (unpaired) electrons. The summed E-state index contributed by atoms with van der Waals surface area (Å²) in [6, 6.07) is 7.33. The number of hydrogen-bond acceptors (Lipinski definition) is 3. The molecule has 0 bridgehead atoms. The Morgan fingerprint density at radius 3 is 2.93 bits per heavy atom. The molecule has 2 aromatic rings. The normalized spacial score (nSPS) is 21.5. The molecule has 0 spiro atoms. The van der Waals surface area contributed by atoms with Gasteiger partial charge in [-0.3, -0.25) is 9.67 Å². The summed E-state index contributed by atoms with van der Waals surface area (Å²) >= 11 is 0. The molecule has 2 heterocycles. The van der Waals surface area contributed by atoms with E-state index in [2.05, 4.69) is 31.8 Å². The van der Waals surface area contributed by atoms with Crippen LogP contribution < -0.4 is 15.5 Å². The molecule has 7 heteroatoms. The fourth-order valence-electron chi connectivity index (χ4n) is 4.08. The SMILES string of the molecule is CN=C(NCC1(c2cccc(F)c2)CC1)NC1CCCN(c2cnn(C)c2)C1. The van der Waals surface area contributed by atoms with Crippen LogP contribution in [0.4, 0.5) is 10.1 Å². The first kappa shape index (κ1) is 18.8. The van der Waals surface area contributed by atoms with E-state index < -0.39 is 0 Å². The van der Waals surface area contributed by atoms with E-state index in [9.17, 15) is 4.39 Å². The first-order valence-electron chi connectivity index (χ1n) is 10.0. The zero-order chi connectivity index (χ0) is 19.6. The van der Waals surface area contributed by atoms with Gasteiger partial charge in [-0.25, -0.2) is 4.39 Å². The number of guanidine groups is 1. The van der Waals surface area contributed by atoms with Crippen LogP contribution in [0.15, 0.2) is 41.7 Å². The zero-order valence-corrected chi connectivity index (χ0v) is 16.7. The van der Waals surface area contributed by atoms with Gasteiger partial charge in [-0.2, -0.15) is 5.10 Å². The predicted octanol–water partition coefficient (Wildman–Crippen LogP) is 2.42. The second kappa shape index (κ2) is 7.81. The minimum Gasteiger partial charge on any atom is -0.367 e. The molecule has 6 nitrogen and oxygen atoms in total. The fraction of sp³-hybridized carbons (Fsp3) is 0.524. The first-order chi connectivity index (χ1) is 13.6. The van der Waals surface area contributed by atoms with Crippen molar-refractivity contribution >= 4 is 11.6 Å². The van der Waals surface area contributed by atoms with Crippen molar-refractivity contribution < 1.29 is 4.39 Å². The van der Waals surface area contributed by atoms with Crippen LogP contribution in [0.25, 0.3) is 0 Å². The predicted molar refractivity (Wildman–Crippen MR) is 110 cm³/mol. The summed E-state index contributed by atoms with van der Waals surface area (Å²) in [5.41, 5.74) is 2.28. The van der Waals surface area contributed by atoms with Crippen molar-refractivity contribution in [1.82, 2.24) is 20.4 Å². The molecule has 1 saturated heterocycles. The molecule has 2 fully saturated rings. The van der Waals surface area contributed by atoms with Crippen molar-refractivity contribution in [3.8, 4) is 0 Å². The third-order valence-corrected chi connectivity index (χ3v) is 5.93. The van der Waals surface area contributed by atoms with Gasteiger partial charge in [-0.15, -0.1) is 0 Å². The lowest BCUT2D eigenvalue weighted by molar-refractivity contribution is 0.466. The summed E-state index contributed by atoms with van der Waals surface area (Å²) in [5, 5.41) is 11.3. The third kappa shape index (κ3) is 4.13. The topological polar surface area (TPSA) is 57.5 Å². The number of aromatic nitrogens is 2. The third-order valence-electron chi connectivity index (χ3n) is 5.93. The average Bonchev–Trinajstić information content (AvgIpc) is 3.38. The number of aryl methyl sites for hydroxylation is 1. The Kier molecular flexibility index (Phi) is 5.24. The standard InChI is InChI=1S/C21H29FN6/c1-23-20(24-15-21(8-9-21)16-5-3-6-17(22)11-16)26-18-7-4-10-28(13-18)19-12-25-27(2)14-19/h3,5-6,11-12,14,18H,4,7-10,13,15H2,1-2H3,(H2,23,24,26). The van der Waals surface area contributed by atoms with Gasteiger partial charge in [0.25, 0.3) is 0 Å². The summed E-state index contributed by atoms with van der Waals surface area (Å²) in [7, 11) is 3.75. The zero-order valence-electron chi connectivity index (χ0n) is 16.7. The van der Waals surface area contributed by atoms with E-state index in [1.54, 1.807) is 19.2 Å². The lowest BCUT2D eigenvalue weighted by atomic mass is 9.96. The molecular weight excluding hydrogens is 355 g/mol. The summed E-state index contributed by atoms with van der Waals surface area (Å²) in [6.07, 6.45) is 8.40. The van der Waals surface area contributed by atoms with Gasteiger partial charge in [0.1, 0.15) is 5.82 Å². The Balaban J connectivity index is 1.33. The number of halogens is 1. The molecule has 2 aliphatic rings. The average molecular weight is 385 g/mol. The minimum atomic E-state index is -0.163. The van der Waals surface area contributed by atoms with E-state index in [0.29, 0.717) is 6.04 Å². The summed E-state index contributed by atoms with van der Waals surface area (Å²) < 4.78 is 15.5. The Hall–Kier alpha value is -2.57. The number of benzene rings is 1. The van der Waals surface area contributed by atoms with Crippen LogP contribution in [-0.2, 0) is 12.5 Å². The van der Waals surface area contributed by atoms with Crippen LogP contribution in [0.5, 0.6) is 0 Å². The second-order valence-corrected chi connectivity index (χ2v) is 8.02. The highest BCUT2D eigenvalue weighted by atomic mass is 19.1. The molecule has 1 saturated carbocycles. The summed E-state index contributed by atoms with van der Waals surface area (Å²) in [4.78, 5) is 6.78. The quantitative estimate of drug-likeness (QED) is 0.614. The maximum atomic E-state index is 13.6.